The fourth-order valence-electron chi connectivity index (χ4n) is 2.56. The molecule has 7 heteroatoms. The van der Waals surface area contributed by atoms with Crippen molar-refractivity contribution in [2.45, 2.75) is 39.5 Å². The lowest BCUT2D eigenvalue weighted by Gasteiger charge is -2.33. The summed E-state index contributed by atoms with van der Waals surface area (Å²) < 4.78 is 10.2. The molecule has 1 saturated heterocycles. The van der Waals surface area contributed by atoms with E-state index < -0.39 is 0 Å². The second-order valence-corrected chi connectivity index (χ2v) is 5.42. The Morgan fingerprint density at radius 3 is 2.52 bits per heavy atom. The molecule has 136 valence electrons. The van der Waals surface area contributed by atoms with Crippen LogP contribution >= 0.6 is 24.0 Å². The van der Waals surface area contributed by atoms with E-state index in [1.165, 1.54) is 7.11 Å². The van der Waals surface area contributed by atoms with Crippen molar-refractivity contribution in [3.8, 4) is 0 Å². The van der Waals surface area contributed by atoms with Gasteiger partial charge in [-0.3, -0.25) is 9.79 Å². The van der Waals surface area contributed by atoms with E-state index in [0.29, 0.717) is 0 Å². The van der Waals surface area contributed by atoms with Gasteiger partial charge in [-0.25, -0.2) is 0 Å². The summed E-state index contributed by atoms with van der Waals surface area (Å²) >= 11 is 0. The molecule has 6 nitrogen and oxygen atoms in total. The topological polar surface area (TPSA) is 63.2 Å². The van der Waals surface area contributed by atoms with Gasteiger partial charge in [-0.15, -0.1) is 24.0 Å². The van der Waals surface area contributed by atoms with Crippen LogP contribution in [-0.2, 0) is 14.3 Å². The van der Waals surface area contributed by atoms with Crippen LogP contribution in [0.25, 0.3) is 0 Å². The smallest absolute Gasteiger partial charge is 0.308 e. The van der Waals surface area contributed by atoms with E-state index in [2.05, 4.69) is 22.1 Å². The van der Waals surface area contributed by atoms with E-state index in [4.69, 9.17) is 9.47 Å². The number of aliphatic imine (C=N–C) groups is 1. The van der Waals surface area contributed by atoms with E-state index in [1.807, 2.05) is 6.92 Å². The SMILES string of the molecule is CCNC(=NCCCCOCC)N1CCC(C(=O)OC)CC1.I. The Labute approximate surface area is 157 Å². The predicted octanol–water partition coefficient (Wildman–Crippen LogP) is 2.27. The first kappa shape index (κ1) is 22.4. The lowest BCUT2D eigenvalue weighted by Crippen LogP contribution is -2.46. The number of ether oxygens (including phenoxy) is 2. The standard InChI is InChI=1S/C16H31N3O3.HI/c1-4-17-16(18-10-6-7-13-22-5-2)19-11-8-14(9-12-19)15(20)21-3;/h14H,4-13H2,1-3H3,(H,17,18);1H. The van der Waals surface area contributed by atoms with Gasteiger partial charge in [-0.1, -0.05) is 0 Å². The summed E-state index contributed by atoms with van der Waals surface area (Å²) in [4.78, 5) is 18.5. The van der Waals surface area contributed by atoms with Crippen molar-refractivity contribution in [1.82, 2.24) is 10.2 Å². The molecular weight excluding hydrogens is 409 g/mol. The van der Waals surface area contributed by atoms with Crippen LogP contribution < -0.4 is 5.32 Å². The number of piperidine rings is 1. The maximum Gasteiger partial charge on any atom is 0.308 e. The molecule has 0 spiro atoms. The summed E-state index contributed by atoms with van der Waals surface area (Å²) in [6.07, 6.45) is 3.75. The zero-order valence-electron chi connectivity index (χ0n) is 14.7. The molecular formula is C16H32IN3O3. The minimum atomic E-state index is -0.0856. The van der Waals surface area contributed by atoms with Gasteiger partial charge in [-0.2, -0.15) is 0 Å². The zero-order chi connectivity index (χ0) is 16.2. The van der Waals surface area contributed by atoms with Crippen molar-refractivity contribution in [1.29, 1.82) is 0 Å². The third kappa shape index (κ3) is 8.74. The fraction of sp³-hybridized carbons (Fsp3) is 0.875. The van der Waals surface area contributed by atoms with E-state index in [1.54, 1.807) is 0 Å². The van der Waals surface area contributed by atoms with Crippen molar-refractivity contribution in [3.63, 3.8) is 0 Å². The van der Waals surface area contributed by atoms with Crippen LogP contribution in [0.2, 0.25) is 0 Å². The largest absolute Gasteiger partial charge is 0.469 e. The number of nitrogens with one attached hydrogen (secondary N) is 1. The molecule has 0 bridgehead atoms. The monoisotopic (exact) mass is 441 g/mol. The molecule has 1 heterocycles. The second-order valence-electron chi connectivity index (χ2n) is 5.42. The van der Waals surface area contributed by atoms with Gasteiger partial charge in [0.25, 0.3) is 0 Å². The number of esters is 1. The normalized spacial score (nSPS) is 16.0. The first-order chi connectivity index (χ1) is 10.7. The quantitative estimate of drug-likeness (QED) is 0.206. The van der Waals surface area contributed by atoms with Crippen LogP contribution in [0.1, 0.15) is 39.5 Å². The third-order valence-corrected chi connectivity index (χ3v) is 3.83. The van der Waals surface area contributed by atoms with Crippen LogP contribution in [0, 0.1) is 5.92 Å². The Kier molecular flexibility index (Phi) is 13.5. The van der Waals surface area contributed by atoms with Gasteiger partial charge < -0.3 is 19.7 Å². The highest BCUT2D eigenvalue weighted by Crippen LogP contribution is 2.18. The van der Waals surface area contributed by atoms with E-state index in [0.717, 1.165) is 71.0 Å². The molecule has 0 aromatic carbocycles. The minimum Gasteiger partial charge on any atom is -0.469 e. The average Bonchev–Trinajstić information content (AvgIpc) is 2.56. The number of carbonyl (C=O) groups excluding carboxylic acids is 1. The number of halogens is 1. The Balaban J connectivity index is 0.00000484. The Morgan fingerprint density at radius 1 is 1.26 bits per heavy atom. The number of likely N-dealkylation sites (tertiary alicyclic amines) is 1. The van der Waals surface area contributed by atoms with E-state index >= 15 is 0 Å². The summed E-state index contributed by atoms with van der Waals surface area (Å²) in [7, 11) is 1.46. The van der Waals surface area contributed by atoms with Gasteiger partial charge >= 0.3 is 5.97 Å². The molecule has 0 aromatic rings. The molecule has 1 fully saturated rings. The fourth-order valence-corrected chi connectivity index (χ4v) is 2.56. The van der Waals surface area contributed by atoms with Gasteiger partial charge in [0.1, 0.15) is 0 Å². The molecule has 0 amide bonds. The highest BCUT2D eigenvalue weighted by Gasteiger charge is 2.26. The number of nitrogens with zero attached hydrogens (tertiary/aromatic N) is 2. The van der Waals surface area contributed by atoms with Gasteiger partial charge in [0.05, 0.1) is 13.0 Å². The maximum atomic E-state index is 11.6. The lowest BCUT2D eigenvalue weighted by molar-refractivity contribution is -0.146. The molecule has 1 N–H and O–H groups in total. The van der Waals surface area contributed by atoms with Crippen LogP contribution in [0.15, 0.2) is 4.99 Å². The number of rotatable bonds is 8. The van der Waals surface area contributed by atoms with Crippen LogP contribution in [-0.4, -0.2) is 63.3 Å². The number of hydrogen-bond acceptors (Lipinski definition) is 4. The van der Waals surface area contributed by atoms with Gasteiger partial charge in [0.2, 0.25) is 0 Å². The molecule has 0 aliphatic carbocycles. The summed E-state index contributed by atoms with van der Waals surface area (Å²) in [6, 6.07) is 0. The molecule has 0 aromatic heterocycles. The Morgan fingerprint density at radius 2 is 1.96 bits per heavy atom. The van der Waals surface area contributed by atoms with Crippen LogP contribution in [0.4, 0.5) is 0 Å². The van der Waals surface area contributed by atoms with Gasteiger partial charge in [0, 0.05) is 39.4 Å². The Bertz CT molecular complexity index is 345. The molecule has 0 atom stereocenters. The first-order valence-corrected chi connectivity index (χ1v) is 8.41. The van der Waals surface area contributed by atoms with Crippen molar-refractivity contribution in [2.24, 2.45) is 10.9 Å². The third-order valence-electron chi connectivity index (χ3n) is 3.83. The molecule has 0 radical (unpaired) electrons. The van der Waals surface area contributed by atoms with Gasteiger partial charge in [0.15, 0.2) is 5.96 Å². The lowest BCUT2D eigenvalue weighted by atomic mass is 9.97. The summed E-state index contributed by atoms with van der Waals surface area (Å²) in [6.45, 7) is 9.05. The number of unbranched alkanes of at least 4 members (excludes halogenated alkanes) is 1. The molecule has 23 heavy (non-hydrogen) atoms. The van der Waals surface area contributed by atoms with Gasteiger partial charge in [-0.05, 0) is 39.5 Å². The average molecular weight is 441 g/mol. The number of guanidine groups is 1. The maximum absolute atomic E-state index is 11.6. The minimum absolute atomic E-state index is 0. The number of carbonyl (C=O) groups is 1. The second kappa shape index (κ2) is 13.8. The zero-order valence-corrected chi connectivity index (χ0v) is 17.0. The first-order valence-electron chi connectivity index (χ1n) is 8.41. The molecule has 1 aliphatic heterocycles. The van der Waals surface area contributed by atoms with Crippen molar-refractivity contribution in [2.75, 3.05) is 46.5 Å². The highest BCUT2D eigenvalue weighted by molar-refractivity contribution is 14.0. The summed E-state index contributed by atoms with van der Waals surface area (Å²) in [5, 5.41) is 3.34. The highest BCUT2D eigenvalue weighted by atomic mass is 127. The molecule has 1 rings (SSSR count). The Hall–Kier alpha value is -0.570. The van der Waals surface area contributed by atoms with Crippen LogP contribution in [0.5, 0.6) is 0 Å². The predicted molar refractivity (Wildman–Crippen MR) is 103 cm³/mol. The molecule has 0 unspecified atom stereocenters. The number of methoxy groups -OCH3 is 1. The van der Waals surface area contributed by atoms with Crippen molar-refractivity contribution >= 4 is 35.9 Å². The van der Waals surface area contributed by atoms with E-state index in [9.17, 15) is 4.79 Å². The van der Waals surface area contributed by atoms with E-state index in [-0.39, 0.29) is 35.9 Å². The van der Waals surface area contributed by atoms with Crippen molar-refractivity contribution in [3.05, 3.63) is 0 Å². The summed E-state index contributed by atoms with van der Waals surface area (Å²) in [5.74, 6) is 0.912. The summed E-state index contributed by atoms with van der Waals surface area (Å²) in [5.41, 5.74) is 0. The van der Waals surface area contributed by atoms with Crippen molar-refractivity contribution < 1.29 is 14.3 Å². The van der Waals surface area contributed by atoms with Crippen LogP contribution in [0.3, 0.4) is 0 Å². The molecule has 1 aliphatic rings. The molecule has 0 saturated carbocycles. The number of hydrogen-bond donors (Lipinski definition) is 1.